The monoisotopic (exact) mass is 309 g/mol. The molecule has 5 nitrogen and oxygen atoms in total. The van der Waals surface area contributed by atoms with Crippen molar-refractivity contribution in [2.45, 2.75) is 38.1 Å². The summed E-state index contributed by atoms with van der Waals surface area (Å²) in [6.45, 7) is 3.01. The number of thioether (sulfide) groups is 1. The molecule has 7 heteroatoms. The summed E-state index contributed by atoms with van der Waals surface area (Å²) in [4.78, 5) is 2.77. The molecule has 0 saturated carbocycles. The van der Waals surface area contributed by atoms with Crippen LogP contribution in [0.2, 0.25) is 0 Å². The van der Waals surface area contributed by atoms with E-state index >= 15 is 0 Å². The minimum absolute atomic E-state index is 0.0165. The molecule has 2 aromatic heterocycles. The van der Waals surface area contributed by atoms with Crippen molar-refractivity contribution in [2.75, 3.05) is 5.75 Å². The van der Waals surface area contributed by atoms with E-state index in [9.17, 15) is 0 Å². The maximum atomic E-state index is 5.80. The van der Waals surface area contributed by atoms with Crippen LogP contribution >= 0.6 is 23.1 Å². The number of hydrazine groups is 1. The van der Waals surface area contributed by atoms with E-state index in [1.54, 1.807) is 0 Å². The van der Waals surface area contributed by atoms with E-state index in [1.807, 2.05) is 34.0 Å². The van der Waals surface area contributed by atoms with Crippen LogP contribution in [0.15, 0.2) is 12.3 Å². The third-order valence-electron chi connectivity index (χ3n) is 3.48. The van der Waals surface area contributed by atoms with E-state index in [0.717, 1.165) is 24.4 Å². The molecule has 1 aliphatic heterocycles. The van der Waals surface area contributed by atoms with E-state index < -0.39 is 0 Å². The number of nitrogens with zero attached hydrogens (tertiary/aromatic N) is 3. The van der Waals surface area contributed by atoms with Gasteiger partial charge in [0.1, 0.15) is 0 Å². The van der Waals surface area contributed by atoms with Crippen LogP contribution < -0.4 is 11.3 Å². The van der Waals surface area contributed by atoms with Crippen molar-refractivity contribution in [3.05, 3.63) is 33.3 Å². The summed E-state index contributed by atoms with van der Waals surface area (Å²) >= 11 is 3.87. The summed E-state index contributed by atoms with van der Waals surface area (Å²) in [6, 6.07) is 2.28. The molecule has 0 saturated heterocycles. The van der Waals surface area contributed by atoms with Crippen molar-refractivity contribution in [1.82, 2.24) is 20.4 Å². The molecule has 3 heterocycles. The molecule has 0 spiro atoms. The van der Waals surface area contributed by atoms with E-state index in [-0.39, 0.29) is 6.04 Å². The first-order chi connectivity index (χ1) is 9.83. The predicted octanol–water partition coefficient (Wildman–Crippen LogP) is 2.09. The molecule has 3 N–H and O–H groups in total. The molecule has 0 radical (unpaired) electrons. The summed E-state index contributed by atoms with van der Waals surface area (Å²) in [6.07, 6.45) is 4.02. The van der Waals surface area contributed by atoms with Crippen molar-refractivity contribution in [2.24, 2.45) is 5.84 Å². The van der Waals surface area contributed by atoms with Crippen LogP contribution in [0.3, 0.4) is 0 Å². The van der Waals surface area contributed by atoms with Crippen molar-refractivity contribution < 1.29 is 0 Å². The smallest absolute Gasteiger partial charge is 0.0986 e. The number of hydrogen-bond donors (Lipinski definition) is 2. The van der Waals surface area contributed by atoms with Gasteiger partial charge in [-0.2, -0.15) is 11.8 Å². The van der Waals surface area contributed by atoms with Crippen molar-refractivity contribution in [1.29, 1.82) is 0 Å². The number of rotatable bonds is 5. The summed E-state index contributed by atoms with van der Waals surface area (Å²) < 4.78 is 1.94. The van der Waals surface area contributed by atoms with Crippen LogP contribution in [0.4, 0.5) is 0 Å². The Balaban J connectivity index is 1.92. The zero-order valence-electron chi connectivity index (χ0n) is 11.5. The minimum atomic E-state index is -0.0165. The molecule has 0 aromatic carbocycles. The third-order valence-corrected chi connectivity index (χ3v) is 5.79. The average Bonchev–Trinajstić information content (AvgIpc) is 3.07. The SMILES string of the molecule is CCCn1nncc1C(NN)c1cc2c(s1)CCSC2. The number of nitrogens with one attached hydrogen (secondary N) is 1. The Morgan fingerprint density at radius 2 is 2.45 bits per heavy atom. The Bertz CT molecular complexity index is 554. The molecule has 0 bridgehead atoms. The molecule has 3 rings (SSSR count). The maximum Gasteiger partial charge on any atom is 0.0986 e. The first-order valence-electron chi connectivity index (χ1n) is 6.87. The normalized spacial score (nSPS) is 16.1. The van der Waals surface area contributed by atoms with Gasteiger partial charge in [-0.3, -0.25) is 5.84 Å². The number of aromatic nitrogens is 3. The first-order valence-corrected chi connectivity index (χ1v) is 8.84. The largest absolute Gasteiger partial charge is 0.270 e. The van der Waals surface area contributed by atoms with Gasteiger partial charge in [-0.1, -0.05) is 12.1 Å². The Labute approximate surface area is 126 Å². The van der Waals surface area contributed by atoms with Gasteiger partial charge in [0.15, 0.2) is 0 Å². The van der Waals surface area contributed by atoms with E-state index in [4.69, 9.17) is 5.84 Å². The van der Waals surface area contributed by atoms with Gasteiger partial charge in [-0.15, -0.1) is 16.4 Å². The fraction of sp³-hybridized carbons (Fsp3) is 0.538. The number of nitrogens with two attached hydrogens (primary N) is 1. The zero-order chi connectivity index (χ0) is 13.9. The Morgan fingerprint density at radius 1 is 1.55 bits per heavy atom. The third kappa shape index (κ3) is 2.63. The number of thiophene rings is 1. The van der Waals surface area contributed by atoms with Gasteiger partial charge in [0.25, 0.3) is 0 Å². The second-order valence-corrected chi connectivity index (χ2v) is 7.15. The molecule has 1 atom stereocenters. The maximum absolute atomic E-state index is 5.80. The van der Waals surface area contributed by atoms with Gasteiger partial charge in [-0.25, -0.2) is 10.1 Å². The summed E-state index contributed by atoms with van der Waals surface area (Å²) in [5.41, 5.74) is 5.44. The molecule has 0 fully saturated rings. The highest BCUT2D eigenvalue weighted by molar-refractivity contribution is 7.98. The van der Waals surface area contributed by atoms with Crippen LogP contribution in [-0.2, 0) is 18.7 Å². The van der Waals surface area contributed by atoms with Gasteiger partial charge in [0.2, 0.25) is 0 Å². The Hall–Kier alpha value is -0.890. The van der Waals surface area contributed by atoms with Crippen molar-refractivity contribution in [3.8, 4) is 0 Å². The molecular formula is C13H19N5S2. The van der Waals surface area contributed by atoms with Gasteiger partial charge < -0.3 is 0 Å². The molecular weight excluding hydrogens is 290 g/mol. The molecule has 0 aliphatic carbocycles. The molecule has 1 unspecified atom stereocenters. The molecule has 2 aromatic rings. The van der Waals surface area contributed by atoms with E-state index in [0.29, 0.717) is 0 Å². The Kier molecular flexibility index (Phi) is 4.40. The number of hydrogen-bond acceptors (Lipinski definition) is 6. The van der Waals surface area contributed by atoms with Gasteiger partial charge in [-0.05, 0) is 30.2 Å². The summed E-state index contributed by atoms with van der Waals surface area (Å²) in [5, 5.41) is 8.19. The quantitative estimate of drug-likeness (QED) is 0.654. The van der Waals surface area contributed by atoms with Gasteiger partial charge >= 0.3 is 0 Å². The first kappa shape index (κ1) is 14.1. The molecule has 1 aliphatic rings. The number of aryl methyl sites for hydroxylation is 2. The standard InChI is InChI=1S/C13H19N5S2/c1-2-4-18-10(7-15-17-18)13(16-14)12-6-9-8-19-5-3-11(9)20-12/h6-7,13,16H,2-5,8,14H2,1H3. The molecule has 20 heavy (non-hydrogen) atoms. The highest BCUT2D eigenvalue weighted by Crippen LogP contribution is 2.36. The van der Waals surface area contributed by atoms with E-state index in [1.165, 1.54) is 27.5 Å². The lowest BCUT2D eigenvalue weighted by atomic mass is 10.1. The van der Waals surface area contributed by atoms with Crippen molar-refractivity contribution >= 4 is 23.1 Å². The minimum Gasteiger partial charge on any atom is -0.270 e. The predicted molar refractivity (Wildman–Crippen MR) is 83.7 cm³/mol. The number of fused-ring (bicyclic) bond motifs is 1. The fourth-order valence-electron chi connectivity index (χ4n) is 2.50. The van der Waals surface area contributed by atoms with Crippen LogP contribution in [0, 0.1) is 0 Å². The Morgan fingerprint density at radius 3 is 3.20 bits per heavy atom. The summed E-state index contributed by atoms with van der Waals surface area (Å²) in [5.74, 6) is 8.15. The van der Waals surface area contributed by atoms with Gasteiger partial charge in [0.05, 0.1) is 17.9 Å². The van der Waals surface area contributed by atoms with Crippen LogP contribution in [0.25, 0.3) is 0 Å². The lowest BCUT2D eigenvalue weighted by molar-refractivity contribution is 0.515. The lowest BCUT2D eigenvalue weighted by Gasteiger charge is -2.15. The highest BCUT2D eigenvalue weighted by atomic mass is 32.2. The second kappa shape index (κ2) is 6.26. The van der Waals surface area contributed by atoms with Crippen LogP contribution in [0.1, 0.15) is 40.4 Å². The molecule has 0 amide bonds. The molecule has 108 valence electrons. The van der Waals surface area contributed by atoms with E-state index in [2.05, 4.69) is 28.7 Å². The van der Waals surface area contributed by atoms with Crippen molar-refractivity contribution in [3.63, 3.8) is 0 Å². The topological polar surface area (TPSA) is 68.8 Å². The average molecular weight is 309 g/mol. The van der Waals surface area contributed by atoms with Crippen LogP contribution in [-0.4, -0.2) is 20.7 Å². The van der Waals surface area contributed by atoms with Gasteiger partial charge in [0, 0.05) is 22.1 Å². The second-order valence-electron chi connectivity index (χ2n) is 4.88. The lowest BCUT2D eigenvalue weighted by Crippen LogP contribution is -2.30. The van der Waals surface area contributed by atoms with Crippen LogP contribution in [0.5, 0.6) is 0 Å². The fourth-order valence-corrected chi connectivity index (χ4v) is 4.95. The summed E-state index contributed by atoms with van der Waals surface area (Å²) in [7, 11) is 0. The zero-order valence-corrected chi connectivity index (χ0v) is 13.1. The highest BCUT2D eigenvalue weighted by Gasteiger charge is 2.22.